The summed E-state index contributed by atoms with van der Waals surface area (Å²) in [6, 6.07) is 11.1. The zero-order valence-corrected chi connectivity index (χ0v) is 12.4. The molecule has 2 aromatic carbocycles. The van der Waals surface area contributed by atoms with E-state index in [4.69, 9.17) is 0 Å². The fraction of sp³-hybridized carbons (Fsp3) is 0.312. The van der Waals surface area contributed by atoms with Gasteiger partial charge in [0.1, 0.15) is 0 Å². The molecule has 0 saturated heterocycles. The number of sulfonamides is 1. The molecular formula is C16H16N2O2S. The molecule has 108 valence electrons. The summed E-state index contributed by atoms with van der Waals surface area (Å²) in [5.74, 6) is 0. The van der Waals surface area contributed by atoms with Gasteiger partial charge in [0, 0.05) is 11.1 Å². The average Bonchev–Trinajstić information content (AvgIpc) is 2.72. The number of nitrogens with zero attached hydrogens (tertiary/aromatic N) is 2. The van der Waals surface area contributed by atoms with Crippen molar-refractivity contribution in [3.63, 3.8) is 0 Å². The maximum atomic E-state index is 12.8. The van der Waals surface area contributed by atoms with Gasteiger partial charge in [0.25, 0.3) is 10.0 Å². The molecule has 0 aromatic heterocycles. The second-order valence-electron chi connectivity index (χ2n) is 5.61. The number of hydrogen-bond donors (Lipinski definition) is 0. The van der Waals surface area contributed by atoms with Crippen molar-refractivity contribution < 1.29 is 8.42 Å². The molecule has 0 radical (unpaired) electrons. The summed E-state index contributed by atoms with van der Waals surface area (Å²) in [6.07, 6.45) is 5.21. The van der Waals surface area contributed by atoms with Gasteiger partial charge in [-0.05, 0) is 43.2 Å². The molecule has 5 heteroatoms. The molecule has 0 atom stereocenters. The minimum absolute atomic E-state index is 0.371. The standard InChI is InChI=1S/C16H16N2O2S/c19-21(20)15-11-5-7-12-6-4-10-14(16(12)15)18(21)17-13-8-2-1-3-9-13/h4-7,10-11H,1-3,8-9H2. The normalized spacial score (nSPS) is 20.0. The van der Waals surface area contributed by atoms with Gasteiger partial charge in [-0.3, -0.25) is 0 Å². The van der Waals surface area contributed by atoms with Crippen LogP contribution in [0, 0.1) is 0 Å². The number of benzene rings is 2. The summed E-state index contributed by atoms with van der Waals surface area (Å²) in [4.78, 5) is 0.371. The Balaban J connectivity index is 1.93. The first-order chi connectivity index (χ1) is 10.2. The van der Waals surface area contributed by atoms with E-state index in [1.165, 1.54) is 10.8 Å². The smallest absolute Gasteiger partial charge is 0.199 e. The molecule has 1 aliphatic carbocycles. The van der Waals surface area contributed by atoms with Crippen LogP contribution in [0.15, 0.2) is 46.4 Å². The molecule has 4 nitrogen and oxygen atoms in total. The van der Waals surface area contributed by atoms with Crippen molar-refractivity contribution in [1.82, 2.24) is 0 Å². The van der Waals surface area contributed by atoms with Gasteiger partial charge in [-0.15, -0.1) is 0 Å². The summed E-state index contributed by atoms with van der Waals surface area (Å²) in [6.45, 7) is 0. The van der Waals surface area contributed by atoms with Crippen molar-refractivity contribution in [3.05, 3.63) is 36.4 Å². The Morgan fingerprint density at radius 3 is 2.43 bits per heavy atom. The first kappa shape index (κ1) is 12.8. The monoisotopic (exact) mass is 300 g/mol. The minimum atomic E-state index is -3.55. The van der Waals surface area contributed by atoms with Crippen LogP contribution >= 0.6 is 0 Å². The highest BCUT2D eigenvalue weighted by Gasteiger charge is 2.36. The van der Waals surface area contributed by atoms with E-state index in [0.29, 0.717) is 10.6 Å². The summed E-state index contributed by atoms with van der Waals surface area (Å²) >= 11 is 0. The van der Waals surface area contributed by atoms with E-state index < -0.39 is 10.0 Å². The molecule has 1 heterocycles. The second-order valence-corrected chi connectivity index (χ2v) is 7.34. The van der Waals surface area contributed by atoms with E-state index >= 15 is 0 Å². The lowest BCUT2D eigenvalue weighted by Crippen LogP contribution is -2.23. The van der Waals surface area contributed by atoms with E-state index in [1.807, 2.05) is 24.3 Å². The maximum Gasteiger partial charge on any atom is 0.284 e. The van der Waals surface area contributed by atoms with Crippen LogP contribution in [0.4, 0.5) is 5.69 Å². The lowest BCUT2D eigenvalue weighted by atomic mass is 9.99. The highest BCUT2D eigenvalue weighted by molar-refractivity contribution is 7.93. The topological polar surface area (TPSA) is 49.7 Å². The Morgan fingerprint density at radius 1 is 0.952 bits per heavy atom. The zero-order valence-electron chi connectivity index (χ0n) is 11.6. The Morgan fingerprint density at radius 2 is 1.67 bits per heavy atom. The molecule has 1 aliphatic heterocycles. The van der Waals surface area contributed by atoms with Crippen LogP contribution in [0.1, 0.15) is 32.1 Å². The summed E-state index contributed by atoms with van der Waals surface area (Å²) < 4.78 is 26.8. The Kier molecular flexibility index (Phi) is 2.79. The van der Waals surface area contributed by atoms with Crippen LogP contribution in [-0.2, 0) is 10.0 Å². The molecule has 21 heavy (non-hydrogen) atoms. The lowest BCUT2D eigenvalue weighted by molar-refractivity contribution is 0.594. The molecule has 0 spiro atoms. The zero-order chi connectivity index (χ0) is 14.4. The molecule has 1 fully saturated rings. The van der Waals surface area contributed by atoms with Gasteiger partial charge in [-0.2, -0.15) is 17.9 Å². The fourth-order valence-corrected chi connectivity index (χ4v) is 4.73. The minimum Gasteiger partial charge on any atom is -0.199 e. The molecule has 4 rings (SSSR count). The molecule has 0 bridgehead atoms. The van der Waals surface area contributed by atoms with E-state index in [2.05, 4.69) is 5.10 Å². The maximum absolute atomic E-state index is 12.8. The van der Waals surface area contributed by atoms with Crippen molar-refractivity contribution in [1.29, 1.82) is 0 Å². The lowest BCUT2D eigenvalue weighted by Gasteiger charge is -2.18. The van der Waals surface area contributed by atoms with Crippen LogP contribution in [0.5, 0.6) is 0 Å². The van der Waals surface area contributed by atoms with Crippen molar-refractivity contribution in [2.75, 3.05) is 4.41 Å². The van der Waals surface area contributed by atoms with E-state index in [9.17, 15) is 8.42 Å². The van der Waals surface area contributed by atoms with Gasteiger partial charge in [-0.1, -0.05) is 30.7 Å². The van der Waals surface area contributed by atoms with Crippen LogP contribution in [0.3, 0.4) is 0 Å². The first-order valence-electron chi connectivity index (χ1n) is 7.31. The molecule has 0 amide bonds. The number of hydrogen-bond acceptors (Lipinski definition) is 3. The number of rotatable bonds is 1. The number of hydrazone groups is 1. The van der Waals surface area contributed by atoms with Gasteiger partial charge in [0.05, 0.1) is 10.6 Å². The molecule has 2 aliphatic rings. The SMILES string of the molecule is O=S1(=O)c2cccc3cccc(c23)N1N=C1CCCCC1. The van der Waals surface area contributed by atoms with Gasteiger partial charge >= 0.3 is 0 Å². The summed E-state index contributed by atoms with van der Waals surface area (Å²) in [7, 11) is -3.55. The van der Waals surface area contributed by atoms with Crippen LogP contribution in [0.2, 0.25) is 0 Å². The van der Waals surface area contributed by atoms with Gasteiger partial charge in [0.2, 0.25) is 0 Å². The van der Waals surface area contributed by atoms with Crippen LogP contribution in [0.25, 0.3) is 10.8 Å². The quantitative estimate of drug-likeness (QED) is 0.807. The Labute approximate surface area is 124 Å². The Bertz CT molecular complexity index is 842. The van der Waals surface area contributed by atoms with Crippen molar-refractivity contribution in [2.24, 2.45) is 5.10 Å². The fourth-order valence-electron chi connectivity index (χ4n) is 3.18. The molecule has 2 aromatic rings. The van der Waals surface area contributed by atoms with E-state index in [0.717, 1.165) is 42.2 Å². The third kappa shape index (κ3) is 1.87. The van der Waals surface area contributed by atoms with Gasteiger partial charge in [0.15, 0.2) is 0 Å². The highest BCUT2D eigenvalue weighted by Crippen LogP contribution is 2.42. The van der Waals surface area contributed by atoms with Crippen LogP contribution in [-0.4, -0.2) is 14.1 Å². The summed E-state index contributed by atoms with van der Waals surface area (Å²) in [5.41, 5.74) is 1.68. The number of anilines is 1. The van der Waals surface area contributed by atoms with Crippen molar-refractivity contribution >= 4 is 32.2 Å². The molecule has 0 unspecified atom stereocenters. The van der Waals surface area contributed by atoms with E-state index in [-0.39, 0.29) is 0 Å². The molecular weight excluding hydrogens is 284 g/mol. The highest BCUT2D eigenvalue weighted by atomic mass is 32.2. The van der Waals surface area contributed by atoms with Crippen molar-refractivity contribution in [2.45, 2.75) is 37.0 Å². The summed E-state index contributed by atoms with van der Waals surface area (Å²) in [5, 5.41) is 6.23. The first-order valence-corrected chi connectivity index (χ1v) is 8.75. The Hall–Kier alpha value is -1.88. The van der Waals surface area contributed by atoms with Crippen molar-refractivity contribution in [3.8, 4) is 0 Å². The largest absolute Gasteiger partial charge is 0.284 e. The third-order valence-corrected chi connectivity index (χ3v) is 5.85. The molecule has 0 N–H and O–H groups in total. The van der Waals surface area contributed by atoms with Crippen LogP contribution < -0.4 is 4.41 Å². The van der Waals surface area contributed by atoms with Gasteiger partial charge < -0.3 is 0 Å². The van der Waals surface area contributed by atoms with Gasteiger partial charge in [-0.25, -0.2) is 0 Å². The second kappa shape index (κ2) is 4.56. The molecule has 1 saturated carbocycles. The predicted octanol–water partition coefficient (Wildman–Crippen LogP) is 3.67. The third-order valence-electron chi connectivity index (χ3n) is 4.22. The predicted molar refractivity (Wildman–Crippen MR) is 84.1 cm³/mol. The average molecular weight is 300 g/mol. The van der Waals surface area contributed by atoms with E-state index in [1.54, 1.807) is 12.1 Å².